The minimum atomic E-state index is -0.917. The molecule has 3 aromatic carbocycles. The zero-order chi connectivity index (χ0) is 25.0. The van der Waals surface area contributed by atoms with Gasteiger partial charge in [-0.05, 0) is 53.8 Å². The molecule has 185 valence electrons. The van der Waals surface area contributed by atoms with Crippen LogP contribution in [-0.2, 0) is 15.1 Å². The van der Waals surface area contributed by atoms with Gasteiger partial charge in [0.2, 0.25) is 0 Å². The molecule has 7 nitrogen and oxygen atoms in total. The summed E-state index contributed by atoms with van der Waals surface area (Å²) in [6.07, 6.45) is 5.36. The Labute approximate surface area is 210 Å². The van der Waals surface area contributed by atoms with E-state index in [9.17, 15) is 4.79 Å². The summed E-state index contributed by atoms with van der Waals surface area (Å²) in [5.41, 5.74) is 1.79. The molecule has 1 radical (unpaired) electrons. The molecule has 4 aromatic rings. The van der Waals surface area contributed by atoms with Gasteiger partial charge in [-0.3, -0.25) is 4.57 Å². The fraction of sp³-hybridized carbons (Fsp3) is 0.241. The first kappa shape index (κ1) is 23.9. The van der Waals surface area contributed by atoms with Crippen LogP contribution in [-0.4, -0.2) is 36.5 Å². The van der Waals surface area contributed by atoms with Crippen LogP contribution in [0.5, 0.6) is 11.5 Å². The maximum absolute atomic E-state index is 12.1. The van der Waals surface area contributed by atoms with E-state index in [-0.39, 0.29) is 18.0 Å². The zero-order valence-corrected chi connectivity index (χ0v) is 20.3. The molecule has 5 rings (SSSR count). The monoisotopic (exact) mass is 485 g/mol. The number of nitrogens with one attached hydrogen (secondary N) is 1. The van der Waals surface area contributed by atoms with Gasteiger partial charge in [0, 0.05) is 12.4 Å². The van der Waals surface area contributed by atoms with E-state index in [1.807, 2.05) is 66.7 Å². The molecule has 36 heavy (non-hydrogen) atoms. The van der Waals surface area contributed by atoms with Gasteiger partial charge in [0.25, 0.3) is 0 Å². The van der Waals surface area contributed by atoms with Gasteiger partial charge in [0.05, 0.1) is 26.9 Å². The Bertz CT molecular complexity index is 1260. The number of methoxy groups -OCH3 is 2. The number of aromatic amines is 1. The van der Waals surface area contributed by atoms with Gasteiger partial charge in [0.15, 0.2) is 0 Å². The molecule has 1 saturated heterocycles. The third-order valence-electron chi connectivity index (χ3n) is 6.56. The summed E-state index contributed by atoms with van der Waals surface area (Å²) in [6.45, 7) is 0.294. The lowest BCUT2D eigenvalue weighted by molar-refractivity contribution is -0.0717. The van der Waals surface area contributed by atoms with Gasteiger partial charge in [-0.15, -0.1) is 0 Å². The molecule has 1 fully saturated rings. The van der Waals surface area contributed by atoms with Crippen LogP contribution in [0.3, 0.4) is 0 Å². The summed E-state index contributed by atoms with van der Waals surface area (Å²) in [4.78, 5) is 14.7. The predicted molar refractivity (Wildman–Crippen MR) is 136 cm³/mol. The number of hydrogen-bond donors (Lipinski definition) is 1. The zero-order valence-electron chi connectivity index (χ0n) is 20.3. The number of nitrogens with zero attached hydrogens (tertiary/aromatic N) is 1. The van der Waals surface area contributed by atoms with Gasteiger partial charge in [-0.25, -0.2) is 4.79 Å². The van der Waals surface area contributed by atoms with Crippen LogP contribution in [0.1, 0.15) is 29.3 Å². The Morgan fingerprint density at radius 1 is 0.889 bits per heavy atom. The molecule has 0 saturated carbocycles. The van der Waals surface area contributed by atoms with Crippen molar-refractivity contribution in [2.45, 2.75) is 24.4 Å². The van der Waals surface area contributed by atoms with E-state index in [1.54, 1.807) is 31.2 Å². The average molecular weight is 486 g/mol. The van der Waals surface area contributed by atoms with Crippen molar-refractivity contribution < 1.29 is 18.9 Å². The van der Waals surface area contributed by atoms with Crippen LogP contribution < -0.4 is 15.2 Å². The lowest BCUT2D eigenvalue weighted by atomic mass is 9.80. The molecule has 1 aliphatic heterocycles. The molecule has 2 heterocycles. The van der Waals surface area contributed by atoms with Crippen molar-refractivity contribution in [2.24, 2.45) is 0 Å². The van der Waals surface area contributed by atoms with Crippen LogP contribution in [0.25, 0.3) is 0 Å². The molecule has 0 aliphatic carbocycles. The molecule has 0 unspecified atom stereocenters. The lowest BCUT2D eigenvalue weighted by Crippen LogP contribution is -2.36. The molecule has 0 bridgehead atoms. The Hall–Kier alpha value is -3.81. The fourth-order valence-electron chi connectivity index (χ4n) is 4.71. The van der Waals surface area contributed by atoms with Crippen molar-refractivity contribution in [1.82, 2.24) is 9.55 Å². The highest BCUT2D eigenvalue weighted by Gasteiger charge is 2.39. The highest BCUT2D eigenvalue weighted by Crippen LogP contribution is 2.42. The highest BCUT2D eigenvalue weighted by atomic mass is 16.6. The van der Waals surface area contributed by atoms with E-state index < -0.39 is 5.60 Å². The number of H-pyrrole nitrogens is 1. The third-order valence-corrected chi connectivity index (χ3v) is 6.56. The molecule has 1 aliphatic rings. The third kappa shape index (κ3) is 4.55. The first-order valence-electron chi connectivity index (χ1n) is 11.9. The summed E-state index contributed by atoms with van der Waals surface area (Å²) in [5, 5.41) is 0. The van der Waals surface area contributed by atoms with E-state index in [0.717, 1.165) is 28.2 Å². The Morgan fingerprint density at radius 2 is 1.47 bits per heavy atom. The van der Waals surface area contributed by atoms with Crippen LogP contribution in [0.4, 0.5) is 0 Å². The van der Waals surface area contributed by atoms with Gasteiger partial charge >= 0.3 is 5.69 Å². The Balaban J connectivity index is 1.53. The van der Waals surface area contributed by atoms with Crippen molar-refractivity contribution in [2.75, 3.05) is 20.8 Å². The summed E-state index contributed by atoms with van der Waals surface area (Å²) >= 11 is 0. The first-order valence-corrected chi connectivity index (χ1v) is 11.9. The van der Waals surface area contributed by atoms with Crippen LogP contribution in [0, 0.1) is 6.42 Å². The number of benzene rings is 3. The normalized spacial score (nSPS) is 17.7. The van der Waals surface area contributed by atoms with E-state index in [4.69, 9.17) is 18.9 Å². The molecule has 7 heteroatoms. The molecule has 1 N–H and O–H groups in total. The van der Waals surface area contributed by atoms with Crippen LogP contribution >= 0.6 is 0 Å². The lowest BCUT2D eigenvalue weighted by Gasteiger charge is -2.37. The van der Waals surface area contributed by atoms with E-state index >= 15 is 0 Å². The maximum atomic E-state index is 12.1. The largest absolute Gasteiger partial charge is 0.497 e. The number of ether oxygens (including phenoxy) is 4. The van der Waals surface area contributed by atoms with Crippen molar-refractivity contribution >= 4 is 0 Å². The SMILES string of the molecule is COc1ccc(C(OC[C@H]2[CH]C[C@H](n3cc[nH]c3=O)O2)(c2ccccc2)c2ccc(OC)cc2)cc1. The number of aromatic nitrogens is 2. The van der Waals surface area contributed by atoms with E-state index in [1.165, 1.54) is 0 Å². The predicted octanol–water partition coefficient (Wildman–Crippen LogP) is 4.69. The number of hydrogen-bond acceptors (Lipinski definition) is 5. The molecular formula is C29H29N2O5. The maximum Gasteiger partial charge on any atom is 0.327 e. The summed E-state index contributed by atoms with van der Waals surface area (Å²) in [5.74, 6) is 1.53. The number of imidazole rings is 1. The van der Waals surface area contributed by atoms with E-state index in [0.29, 0.717) is 13.0 Å². The highest BCUT2D eigenvalue weighted by molar-refractivity contribution is 5.49. The summed E-state index contributed by atoms with van der Waals surface area (Å²) < 4.78 is 25.4. The fourth-order valence-corrected chi connectivity index (χ4v) is 4.71. The van der Waals surface area contributed by atoms with E-state index in [2.05, 4.69) is 23.5 Å². The van der Waals surface area contributed by atoms with Gasteiger partial charge in [0.1, 0.15) is 23.3 Å². The standard InChI is InChI=1S/C29H29N2O5/c1-33-24-12-8-22(9-13-24)29(21-6-4-3-5-7-21,23-10-14-25(34-2)15-11-23)35-20-26-16-17-27(36-26)31-19-18-30-28(31)32/h3-16,18-19,26-27H,17,20H2,1-2H3,(H,30,32)/t26-,27-/m1/s1. The van der Waals surface area contributed by atoms with Crippen molar-refractivity contribution in [3.63, 3.8) is 0 Å². The second-order valence-electron chi connectivity index (χ2n) is 8.59. The quantitative estimate of drug-likeness (QED) is 0.348. The molecule has 1 aromatic heterocycles. The van der Waals surface area contributed by atoms with Gasteiger partial charge in [-0.1, -0.05) is 54.6 Å². The molecule has 2 atom stereocenters. The van der Waals surface area contributed by atoms with Gasteiger partial charge in [-0.2, -0.15) is 0 Å². The second kappa shape index (κ2) is 10.4. The van der Waals surface area contributed by atoms with Gasteiger partial charge < -0.3 is 23.9 Å². The van der Waals surface area contributed by atoms with Crippen LogP contribution in [0.2, 0.25) is 0 Å². The van der Waals surface area contributed by atoms with Crippen LogP contribution in [0.15, 0.2) is 96.1 Å². The Morgan fingerprint density at radius 3 is 2.00 bits per heavy atom. The number of rotatable bonds is 9. The van der Waals surface area contributed by atoms with Crippen molar-refractivity contribution in [1.29, 1.82) is 0 Å². The van der Waals surface area contributed by atoms with Crippen molar-refractivity contribution in [3.05, 3.63) is 125 Å². The second-order valence-corrected chi connectivity index (χ2v) is 8.59. The first-order chi connectivity index (χ1) is 17.6. The minimum Gasteiger partial charge on any atom is -0.497 e. The topological polar surface area (TPSA) is 74.7 Å². The Kier molecular flexibility index (Phi) is 6.93. The molecular weight excluding hydrogens is 456 g/mol. The molecule has 0 spiro atoms. The average Bonchev–Trinajstić information content (AvgIpc) is 3.59. The summed E-state index contributed by atoms with van der Waals surface area (Å²) in [7, 11) is 3.30. The molecule has 0 amide bonds. The summed E-state index contributed by atoms with van der Waals surface area (Å²) in [6, 6.07) is 26.0. The minimum absolute atomic E-state index is 0.190. The smallest absolute Gasteiger partial charge is 0.327 e. The van der Waals surface area contributed by atoms with Crippen molar-refractivity contribution in [3.8, 4) is 11.5 Å².